The molecule has 0 saturated heterocycles. The van der Waals surface area contributed by atoms with E-state index in [0.717, 1.165) is 37.2 Å². The molecule has 0 aromatic heterocycles. The van der Waals surface area contributed by atoms with Crippen LogP contribution in [0.3, 0.4) is 0 Å². The Morgan fingerprint density at radius 3 is 2.53 bits per heavy atom. The van der Waals surface area contributed by atoms with Crippen LogP contribution in [0.1, 0.15) is 32.6 Å². The van der Waals surface area contributed by atoms with E-state index in [1.807, 2.05) is 25.7 Å². The van der Waals surface area contributed by atoms with Crippen LogP contribution in [0.15, 0.2) is 0 Å². The smallest absolute Gasteiger partial charge is 0.106 e. The molecule has 0 aromatic rings. The summed E-state index contributed by atoms with van der Waals surface area (Å²) in [6.07, 6.45) is 3.68. The van der Waals surface area contributed by atoms with Gasteiger partial charge in [0.1, 0.15) is 5.54 Å². The van der Waals surface area contributed by atoms with Crippen molar-refractivity contribution in [2.45, 2.75) is 38.1 Å². The minimum atomic E-state index is -0.336. The van der Waals surface area contributed by atoms with Gasteiger partial charge >= 0.3 is 0 Å². The highest BCUT2D eigenvalue weighted by Crippen LogP contribution is 2.18. The standard InChI is InChI=1S/C11H22N2OS/c1-3-11(10-12,13-2)6-4-8-15-9-5-7-14/h13-14H,3-9H2,1-2H3. The number of nitrogens with zero attached hydrogens (tertiary/aromatic N) is 1. The second-order valence-electron chi connectivity index (χ2n) is 3.59. The van der Waals surface area contributed by atoms with Crippen molar-refractivity contribution in [2.24, 2.45) is 0 Å². The molecule has 0 radical (unpaired) electrons. The third-order valence-corrected chi connectivity index (χ3v) is 3.79. The molecule has 0 aromatic carbocycles. The van der Waals surface area contributed by atoms with Crippen LogP contribution in [0.25, 0.3) is 0 Å². The molecule has 0 aliphatic heterocycles. The quantitative estimate of drug-likeness (QED) is 0.593. The highest BCUT2D eigenvalue weighted by Gasteiger charge is 2.24. The third-order valence-electron chi connectivity index (χ3n) is 2.64. The SMILES string of the molecule is CCC(C#N)(CCCSCCCO)NC. The van der Waals surface area contributed by atoms with Gasteiger partial charge in [-0.1, -0.05) is 6.92 Å². The summed E-state index contributed by atoms with van der Waals surface area (Å²) >= 11 is 1.85. The van der Waals surface area contributed by atoms with Crippen molar-refractivity contribution in [3.05, 3.63) is 0 Å². The summed E-state index contributed by atoms with van der Waals surface area (Å²) in [7, 11) is 1.85. The number of thioether (sulfide) groups is 1. The van der Waals surface area contributed by atoms with Crippen LogP contribution in [0.5, 0.6) is 0 Å². The van der Waals surface area contributed by atoms with E-state index < -0.39 is 0 Å². The number of aliphatic hydroxyl groups is 1. The lowest BCUT2D eigenvalue weighted by molar-refractivity contribution is 0.296. The van der Waals surface area contributed by atoms with Gasteiger partial charge in [0, 0.05) is 6.61 Å². The van der Waals surface area contributed by atoms with Crippen molar-refractivity contribution in [3.63, 3.8) is 0 Å². The predicted molar refractivity (Wildman–Crippen MR) is 66.0 cm³/mol. The van der Waals surface area contributed by atoms with Crippen LogP contribution in [0, 0.1) is 11.3 Å². The van der Waals surface area contributed by atoms with E-state index in [1.54, 1.807) is 0 Å². The molecule has 0 saturated carbocycles. The minimum Gasteiger partial charge on any atom is -0.396 e. The van der Waals surface area contributed by atoms with Gasteiger partial charge < -0.3 is 10.4 Å². The Hall–Kier alpha value is -0.240. The monoisotopic (exact) mass is 230 g/mol. The van der Waals surface area contributed by atoms with Gasteiger partial charge in [-0.3, -0.25) is 0 Å². The molecule has 4 heteroatoms. The average Bonchev–Trinajstić information content (AvgIpc) is 2.29. The predicted octanol–water partition coefficient (Wildman–Crippen LogP) is 1.77. The Morgan fingerprint density at radius 1 is 1.40 bits per heavy atom. The van der Waals surface area contributed by atoms with E-state index in [2.05, 4.69) is 11.4 Å². The Morgan fingerprint density at radius 2 is 2.07 bits per heavy atom. The van der Waals surface area contributed by atoms with Crippen molar-refractivity contribution in [3.8, 4) is 6.07 Å². The Kier molecular flexibility index (Phi) is 8.88. The van der Waals surface area contributed by atoms with E-state index in [1.165, 1.54) is 0 Å². The van der Waals surface area contributed by atoms with Gasteiger partial charge in [-0.05, 0) is 44.2 Å². The molecule has 2 N–H and O–H groups in total. The van der Waals surface area contributed by atoms with Crippen LogP contribution in [-0.4, -0.2) is 35.8 Å². The number of aliphatic hydroxyl groups excluding tert-OH is 1. The second kappa shape index (κ2) is 9.02. The summed E-state index contributed by atoms with van der Waals surface area (Å²) in [5.74, 6) is 2.09. The fourth-order valence-electron chi connectivity index (χ4n) is 1.41. The van der Waals surface area contributed by atoms with Gasteiger partial charge in [-0.25, -0.2) is 0 Å². The molecule has 88 valence electrons. The first-order chi connectivity index (χ1) is 7.24. The summed E-state index contributed by atoms with van der Waals surface area (Å²) < 4.78 is 0. The summed E-state index contributed by atoms with van der Waals surface area (Å²) in [5, 5.41) is 20.8. The molecule has 1 unspecified atom stereocenters. The molecule has 3 nitrogen and oxygen atoms in total. The summed E-state index contributed by atoms with van der Waals surface area (Å²) in [4.78, 5) is 0. The first-order valence-electron chi connectivity index (χ1n) is 5.53. The van der Waals surface area contributed by atoms with E-state index in [-0.39, 0.29) is 12.1 Å². The van der Waals surface area contributed by atoms with Gasteiger partial charge in [-0.15, -0.1) is 0 Å². The van der Waals surface area contributed by atoms with Gasteiger partial charge in [0.25, 0.3) is 0 Å². The zero-order valence-corrected chi connectivity index (χ0v) is 10.6. The lowest BCUT2D eigenvalue weighted by Gasteiger charge is -2.24. The summed E-state index contributed by atoms with van der Waals surface area (Å²) in [6, 6.07) is 2.36. The normalized spacial score (nSPS) is 14.5. The van der Waals surface area contributed by atoms with Crippen LogP contribution < -0.4 is 5.32 Å². The molecule has 0 heterocycles. The number of hydrogen-bond acceptors (Lipinski definition) is 4. The van der Waals surface area contributed by atoms with Gasteiger partial charge in [0.15, 0.2) is 0 Å². The zero-order valence-electron chi connectivity index (χ0n) is 9.75. The molecular weight excluding hydrogens is 208 g/mol. The van der Waals surface area contributed by atoms with Crippen LogP contribution in [-0.2, 0) is 0 Å². The van der Waals surface area contributed by atoms with E-state index >= 15 is 0 Å². The van der Waals surface area contributed by atoms with Gasteiger partial charge in [0.05, 0.1) is 6.07 Å². The Bertz CT molecular complexity index is 188. The van der Waals surface area contributed by atoms with E-state index in [9.17, 15) is 0 Å². The topological polar surface area (TPSA) is 56.0 Å². The molecule has 0 aliphatic rings. The molecule has 15 heavy (non-hydrogen) atoms. The van der Waals surface area contributed by atoms with Gasteiger partial charge in [0.2, 0.25) is 0 Å². The molecule has 0 aliphatic carbocycles. The van der Waals surface area contributed by atoms with Crippen LogP contribution in [0.4, 0.5) is 0 Å². The number of nitriles is 1. The zero-order chi connectivity index (χ0) is 11.6. The van der Waals surface area contributed by atoms with Crippen molar-refractivity contribution in [1.29, 1.82) is 5.26 Å². The maximum absolute atomic E-state index is 9.06. The highest BCUT2D eigenvalue weighted by atomic mass is 32.2. The minimum absolute atomic E-state index is 0.278. The molecule has 0 amide bonds. The van der Waals surface area contributed by atoms with E-state index in [0.29, 0.717) is 0 Å². The maximum Gasteiger partial charge on any atom is 0.106 e. The molecule has 0 spiro atoms. The van der Waals surface area contributed by atoms with Crippen LogP contribution in [0.2, 0.25) is 0 Å². The lowest BCUT2D eigenvalue weighted by atomic mass is 9.93. The first kappa shape index (κ1) is 14.8. The molecule has 0 bridgehead atoms. The van der Waals surface area contributed by atoms with Crippen molar-refractivity contribution >= 4 is 11.8 Å². The molecule has 0 fully saturated rings. The number of nitrogens with one attached hydrogen (secondary N) is 1. The Labute approximate surface area is 97.2 Å². The summed E-state index contributed by atoms with van der Waals surface area (Å²) in [6.45, 7) is 2.32. The molecular formula is C11H22N2OS. The van der Waals surface area contributed by atoms with Crippen molar-refractivity contribution in [2.75, 3.05) is 25.2 Å². The lowest BCUT2D eigenvalue weighted by Crippen LogP contribution is -2.40. The third kappa shape index (κ3) is 6.03. The largest absolute Gasteiger partial charge is 0.396 e. The first-order valence-corrected chi connectivity index (χ1v) is 6.69. The molecule has 0 rings (SSSR count). The Balaban J connectivity index is 3.60. The maximum atomic E-state index is 9.06. The average molecular weight is 230 g/mol. The van der Waals surface area contributed by atoms with Crippen molar-refractivity contribution < 1.29 is 5.11 Å². The fourth-order valence-corrected chi connectivity index (χ4v) is 2.30. The van der Waals surface area contributed by atoms with E-state index in [4.69, 9.17) is 10.4 Å². The fraction of sp³-hybridized carbons (Fsp3) is 0.909. The second-order valence-corrected chi connectivity index (χ2v) is 4.82. The summed E-state index contributed by atoms with van der Waals surface area (Å²) in [5.41, 5.74) is -0.336. The number of rotatable bonds is 9. The number of hydrogen-bond donors (Lipinski definition) is 2. The van der Waals surface area contributed by atoms with Crippen LogP contribution >= 0.6 is 11.8 Å². The van der Waals surface area contributed by atoms with Crippen molar-refractivity contribution in [1.82, 2.24) is 5.32 Å². The highest BCUT2D eigenvalue weighted by molar-refractivity contribution is 7.99. The molecule has 1 atom stereocenters. The van der Waals surface area contributed by atoms with Gasteiger partial charge in [-0.2, -0.15) is 17.0 Å².